The van der Waals surface area contributed by atoms with Gasteiger partial charge in [-0.1, -0.05) is 20.3 Å². The molecule has 13 heavy (non-hydrogen) atoms. The van der Waals surface area contributed by atoms with Gasteiger partial charge in [-0.05, 0) is 12.8 Å². The van der Waals surface area contributed by atoms with E-state index in [-0.39, 0.29) is 11.9 Å². The fraction of sp³-hybridized carbons (Fsp3) is 0.900. The Morgan fingerprint density at radius 1 is 1.46 bits per heavy atom. The second-order valence-corrected chi connectivity index (χ2v) is 3.97. The van der Waals surface area contributed by atoms with Gasteiger partial charge in [0.25, 0.3) is 0 Å². The van der Waals surface area contributed by atoms with Gasteiger partial charge in [-0.3, -0.25) is 4.79 Å². The first-order valence-corrected chi connectivity index (χ1v) is 4.96. The molecule has 0 heterocycles. The molecule has 0 saturated carbocycles. The van der Waals surface area contributed by atoms with Gasteiger partial charge in [0, 0.05) is 26.1 Å². The number of nitrogens with zero attached hydrogens (tertiary/aromatic N) is 1. The molecule has 3 heteroatoms. The second kappa shape index (κ2) is 5.97. The number of carbonyl (C=O) groups is 1. The molecule has 1 amide bonds. The molecule has 0 aromatic heterocycles. The van der Waals surface area contributed by atoms with Crippen LogP contribution in [0.25, 0.3) is 0 Å². The van der Waals surface area contributed by atoms with Crippen molar-refractivity contribution in [2.75, 3.05) is 13.6 Å². The van der Waals surface area contributed by atoms with E-state index in [1.807, 2.05) is 14.0 Å². The Bertz CT molecular complexity index is 157. The summed E-state index contributed by atoms with van der Waals surface area (Å²) in [5.41, 5.74) is 5.60. The van der Waals surface area contributed by atoms with Crippen LogP contribution in [0.3, 0.4) is 0 Å². The van der Waals surface area contributed by atoms with E-state index >= 15 is 0 Å². The van der Waals surface area contributed by atoms with Gasteiger partial charge < -0.3 is 10.6 Å². The van der Waals surface area contributed by atoms with Crippen LogP contribution in [0.4, 0.5) is 0 Å². The summed E-state index contributed by atoms with van der Waals surface area (Å²) in [6.45, 7) is 6.75. The Balaban J connectivity index is 3.82. The Kier molecular flexibility index (Phi) is 5.71. The van der Waals surface area contributed by atoms with Crippen LogP contribution in [0.2, 0.25) is 0 Å². The highest BCUT2D eigenvalue weighted by molar-refractivity contribution is 5.76. The molecule has 0 saturated heterocycles. The Morgan fingerprint density at radius 3 is 2.38 bits per heavy atom. The summed E-state index contributed by atoms with van der Waals surface area (Å²) in [5.74, 6) is 0.676. The monoisotopic (exact) mass is 186 g/mol. The van der Waals surface area contributed by atoms with Gasteiger partial charge in [0.15, 0.2) is 0 Å². The van der Waals surface area contributed by atoms with Crippen LogP contribution in [-0.2, 0) is 4.79 Å². The molecule has 0 spiro atoms. The summed E-state index contributed by atoms with van der Waals surface area (Å²) < 4.78 is 0. The van der Waals surface area contributed by atoms with E-state index in [1.165, 1.54) is 0 Å². The zero-order valence-corrected chi connectivity index (χ0v) is 9.21. The average Bonchev–Trinajstić information content (AvgIpc) is 2.02. The van der Waals surface area contributed by atoms with Crippen LogP contribution in [0.5, 0.6) is 0 Å². The first-order valence-electron chi connectivity index (χ1n) is 4.96. The van der Waals surface area contributed by atoms with Crippen molar-refractivity contribution >= 4 is 5.91 Å². The normalized spacial score (nSPS) is 15.2. The zero-order chi connectivity index (χ0) is 10.4. The molecule has 0 bridgehead atoms. The number of nitrogens with two attached hydrogens (primary N) is 1. The van der Waals surface area contributed by atoms with Crippen molar-refractivity contribution in [2.24, 2.45) is 11.7 Å². The smallest absolute Gasteiger partial charge is 0.222 e. The second-order valence-electron chi connectivity index (χ2n) is 3.97. The standard InChI is InChI=1S/C10H22N2O/c1-5-8(2)6-10(13)12(4)7-9(3)11/h8-9H,5-7,11H2,1-4H3. The molecule has 78 valence electrons. The van der Waals surface area contributed by atoms with E-state index in [9.17, 15) is 4.79 Å². The van der Waals surface area contributed by atoms with Crippen molar-refractivity contribution < 1.29 is 4.79 Å². The predicted molar refractivity (Wildman–Crippen MR) is 55.4 cm³/mol. The van der Waals surface area contributed by atoms with Crippen LogP contribution < -0.4 is 5.73 Å². The molecule has 0 aromatic rings. The van der Waals surface area contributed by atoms with Crippen molar-refractivity contribution in [1.29, 1.82) is 0 Å². The summed E-state index contributed by atoms with van der Waals surface area (Å²) in [6, 6.07) is 0.0610. The third kappa shape index (κ3) is 5.64. The number of hydrogen-bond acceptors (Lipinski definition) is 2. The van der Waals surface area contributed by atoms with Crippen LogP contribution in [0.1, 0.15) is 33.6 Å². The number of carbonyl (C=O) groups excluding carboxylic acids is 1. The van der Waals surface area contributed by atoms with Gasteiger partial charge in [-0.15, -0.1) is 0 Å². The highest BCUT2D eigenvalue weighted by Crippen LogP contribution is 2.08. The van der Waals surface area contributed by atoms with E-state index < -0.39 is 0 Å². The van der Waals surface area contributed by atoms with E-state index in [0.717, 1.165) is 6.42 Å². The van der Waals surface area contributed by atoms with Crippen molar-refractivity contribution in [1.82, 2.24) is 4.90 Å². The molecule has 2 atom stereocenters. The van der Waals surface area contributed by atoms with Gasteiger partial charge in [-0.2, -0.15) is 0 Å². The molecule has 0 aliphatic heterocycles. The van der Waals surface area contributed by atoms with Gasteiger partial charge in [0.1, 0.15) is 0 Å². The maximum Gasteiger partial charge on any atom is 0.222 e. The topological polar surface area (TPSA) is 46.3 Å². The van der Waals surface area contributed by atoms with E-state index in [1.54, 1.807) is 4.90 Å². The van der Waals surface area contributed by atoms with Crippen molar-refractivity contribution in [3.63, 3.8) is 0 Å². The molecule has 2 N–H and O–H groups in total. The highest BCUT2D eigenvalue weighted by atomic mass is 16.2. The molecular formula is C10H22N2O. The quantitative estimate of drug-likeness (QED) is 0.702. The maximum absolute atomic E-state index is 11.5. The maximum atomic E-state index is 11.5. The van der Waals surface area contributed by atoms with Crippen molar-refractivity contribution in [3.8, 4) is 0 Å². The molecule has 0 aromatic carbocycles. The van der Waals surface area contributed by atoms with Gasteiger partial charge >= 0.3 is 0 Å². The molecule has 0 radical (unpaired) electrons. The molecule has 3 nitrogen and oxygen atoms in total. The van der Waals surface area contributed by atoms with Crippen LogP contribution in [0.15, 0.2) is 0 Å². The summed E-state index contributed by atoms with van der Waals surface area (Å²) >= 11 is 0. The minimum absolute atomic E-state index is 0.0610. The largest absolute Gasteiger partial charge is 0.344 e. The van der Waals surface area contributed by atoms with Crippen LogP contribution in [-0.4, -0.2) is 30.4 Å². The van der Waals surface area contributed by atoms with E-state index in [4.69, 9.17) is 5.73 Å². The lowest BCUT2D eigenvalue weighted by molar-refractivity contribution is -0.131. The number of hydrogen-bond donors (Lipinski definition) is 1. The van der Waals surface area contributed by atoms with Crippen molar-refractivity contribution in [2.45, 2.75) is 39.7 Å². The minimum atomic E-state index is 0.0610. The van der Waals surface area contributed by atoms with Gasteiger partial charge in [-0.25, -0.2) is 0 Å². The van der Waals surface area contributed by atoms with Crippen LogP contribution >= 0.6 is 0 Å². The number of likely N-dealkylation sites (N-methyl/N-ethyl adjacent to an activating group) is 1. The third-order valence-electron chi connectivity index (χ3n) is 2.21. The number of amides is 1. The Hall–Kier alpha value is -0.570. The molecule has 0 aliphatic rings. The predicted octanol–water partition coefficient (Wildman–Crippen LogP) is 1.23. The highest BCUT2D eigenvalue weighted by Gasteiger charge is 2.12. The first kappa shape index (κ1) is 12.4. The lowest BCUT2D eigenvalue weighted by Gasteiger charge is -2.20. The summed E-state index contributed by atoms with van der Waals surface area (Å²) in [4.78, 5) is 13.2. The summed E-state index contributed by atoms with van der Waals surface area (Å²) in [6.07, 6.45) is 1.69. The van der Waals surface area contributed by atoms with E-state index in [0.29, 0.717) is 18.9 Å². The fourth-order valence-corrected chi connectivity index (χ4v) is 1.13. The van der Waals surface area contributed by atoms with Gasteiger partial charge in [0.2, 0.25) is 5.91 Å². The minimum Gasteiger partial charge on any atom is -0.344 e. The molecule has 2 unspecified atom stereocenters. The molecular weight excluding hydrogens is 164 g/mol. The Labute approximate surface area is 81.3 Å². The zero-order valence-electron chi connectivity index (χ0n) is 9.21. The molecule has 0 rings (SSSR count). The summed E-state index contributed by atoms with van der Waals surface area (Å²) in [5, 5.41) is 0. The fourth-order valence-electron chi connectivity index (χ4n) is 1.13. The lowest BCUT2D eigenvalue weighted by atomic mass is 10.0. The average molecular weight is 186 g/mol. The van der Waals surface area contributed by atoms with Crippen LogP contribution in [0, 0.1) is 5.92 Å². The van der Waals surface area contributed by atoms with Gasteiger partial charge in [0.05, 0.1) is 0 Å². The number of rotatable bonds is 5. The first-order chi connectivity index (χ1) is 5.97. The molecule has 0 aliphatic carbocycles. The van der Waals surface area contributed by atoms with E-state index in [2.05, 4.69) is 13.8 Å². The molecule has 0 fully saturated rings. The SMILES string of the molecule is CCC(C)CC(=O)N(C)CC(C)N. The van der Waals surface area contributed by atoms with Crippen molar-refractivity contribution in [3.05, 3.63) is 0 Å². The summed E-state index contributed by atoms with van der Waals surface area (Å²) in [7, 11) is 1.81. The Morgan fingerprint density at radius 2 is 2.00 bits per heavy atom. The third-order valence-corrected chi connectivity index (χ3v) is 2.21. The lowest BCUT2D eigenvalue weighted by Crippen LogP contribution is -2.37.